The highest BCUT2D eigenvalue weighted by Crippen LogP contribution is 2.40. The number of fused-ring (bicyclic) bond motifs is 2. The van der Waals surface area contributed by atoms with Gasteiger partial charge in [0.15, 0.2) is 0 Å². The Morgan fingerprint density at radius 3 is 2.39 bits per heavy atom. The second-order valence-electron chi connectivity index (χ2n) is 13.6. The highest BCUT2D eigenvalue weighted by Gasteiger charge is 2.44. The molecule has 0 radical (unpaired) electrons. The van der Waals surface area contributed by atoms with Gasteiger partial charge in [0.2, 0.25) is 11.8 Å². The van der Waals surface area contributed by atoms with Crippen molar-refractivity contribution in [2.45, 2.75) is 77.7 Å². The van der Waals surface area contributed by atoms with Gasteiger partial charge in [0, 0.05) is 36.2 Å². The van der Waals surface area contributed by atoms with Gasteiger partial charge < -0.3 is 29.3 Å². The summed E-state index contributed by atoms with van der Waals surface area (Å²) in [6.45, 7) is 9.62. The molecular weight excluding hydrogens is 692 g/mol. The van der Waals surface area contributed by atoms with E-state index in [2.05, 4.69) is 21.2 Å². The molecule has 5 rings (SSSR count). The number of amides is 4. The molecule has 262 valence electrons. The summed E-state index contributed by atoms with van der Waals surface area (Å²) in [6.07, 6.45) is 0.439. The van der Waals surface area contributed by atoms with E-state index in [0.29, 0.717) is 43.2 Å². The molecule has 0 spiro atoms. The van der Waals surface area contributed by atoms with Gasteiger partial charge in [-0.05, 0) is 88.6 Å². The smallest absolute Gasteiger partial charge is 0.410 e. The number of para-hydroxylation sites is 2. The lowest BCUT2D eigenvalue weighted by molar-refractivity contribution is -0.131. The fraction of sp³-hybridized carbons (Fsp3) is 0.459. The summed E-state index contributed by atoms with van der Waals surface area (Å²) < 4.78 is 17.7. The van der Waals surface area contributed by atoms with E-state index < -0.39 is 41.6 Å². The number of rotatable bonds is 7. The number of nitrogens with zero attached hydrogens (tertiary/aromatic N) is 3. The van der Waals surface area contributed by atoms with Gasteiger partial charge in [-0.15, -0.1) is 0 Å². The zero-order valence-corrected chi connectivity index (χ0v) is 30.7. The molecule has 2 aliphatic rings. The van der Waals surface area contributed by atoms with Crippen LogP contribution in [0, 0.1) is 5.92 Å². The molecule has 2 aliphatic heterocycles. The molecule has 4 amide bonds. The van der Waals surface area contributed by atoms with Crippen LogP contribution in [-0.4, -0.2) is 79.8 Å². The number of likely N-dealkylation sites (N-methyl/N-ethyl adjacent to an activating group) is 1. The first kappa shape index (κ1) is 36.1. The standard InChI is InChI=1S/C37H45BrN4O7/c1-22-32(39-33(43)23(2)40(6)36(46)49-37(3,4)5)35(45)41(21-28-27-14-13-26(38)20-25(27)12-15-31(28)47-7)29-10-8-9-11-30(29)42(22)34(44)24-16-18-48-19-17-24/h8-15,20,22-24,32H,16-19,21H2,1-7H3,(H,39,43)/t22-,23-,32-/m0/s1. The molecule has 1 saturated heterocycles. The summed E-state index contributed by atoms with van der Waals surface area (Å²) in [5.41, 5.74) is 1.11. The number of ether oxygens (including phenoxy) is 3. The number of carbonyl (C=O) groups excluding carboxylic acids is 4. The monoisotopic (exact) mass is 736 g/mol. The fourth-order valence-corrected chi connectivity index (χ4v) is 6.74. The second-order valence-corrected chi connectivity index (χ2v) is 14.5. The van der Waals surface area contributed by atoms with Gasteiger partial charge in [-0.25, -0.2) is 4.79 Å². The van der Waals surface area contributed by atoms with Gasteiger partial charge >= 0.3 is 6.09 Å². The summed E-state index contributed by atoms with van der Waals surface area (Å²) in [5.74, 6) is -0.810. The number of halogens is 1. The quantitative estimate of drug-likeness (QED) is 0.314. The molecule has 0 aromatic heterocycles. The van der Waals surface area contributed by atoms with Crippen LogP contribution in [0.1, 0.15) is 53.0 Å². The molecule has 11 nitrogen and oxygen atoms in total. The van der Waals surface area contributed by atoms with Crippen LogP contribution in [0.4, 0.5) is 16.2 Å². The maximum Gasteiger partial charge on any atom is 0.410 e. The van der Waals surface area contributed by atoms with E-state index in [0.717, 1.165) is 20.8 Å². The number of hydrogen-bond donors (Lipinski definition) is 1. The minimum absolute atomic E-state index is 0.101. The van der Waals surface area contributed by atoms with E-state index >= 15 is 0 Å². The van der Waals surface area contributed by atoms with Crippen LogP contribution >= 0.6 is 15.9 Å². The van der Waals surface area contributed by atoms with Crippen molar-refractivity contribution in [1.82, 2.24) is 10.2 Å². The van der Waals surface area contributed by atoms with Gasteiger partial charge in [0.25, 0.3) is 5.91 Å². The van der Waals surface area contributed by atoms with Crippen LogP contribution in [0.2, 0.25) is 0 Å². The van der Waals surface area contributed by atoms with E-state index in [1.54, 1.807) is 51.5 Å². The number of anilines is 2. The van der Waals surface area contributed by atoms with Gasteiger partial charge in [0.05, 0.1) is 31.1 Å². The third-order valence-electron chi connectivity index (χ3n) is 9.19. The Balaban J connectivity index is 1.59. The van der Waals surface area contributed by atoms with Crippen LogP contribution < -0.4 is 19.9 Å². The first-order valence-corrected chi connectivity index (χ1v) is 17.3. The largest absolute Gasteiger partial charge is 0.496 e. The van der Waals surface area contributed by atoms with Crippen molar-refractivity contribution >= 4 is 61.9 Å². The molecule has 3 atom stereocenters. The summed E-state index contributed by atoms with van der Waals surface area (Å²) in [5, 5.41) is 4.78. The number of nitrogens with one attached hydrogen (secondary N) is 1. The van der Waals surface area contributed by atoms with Gasteiger partial charge in [-0.3, -0.25) is 19.3 Å². The van der Waals surface area contributed by atoms with Crippen molar-refractivity contribution < 1.29 is 33.4 Å². The molecule has 1 fully saturated rings. The molecule has 0 saturated carbocycles. The summed E-state index contributed by atoms with van der Waals surface area (Å²) in [7, 11) is 3.06. The maximum atomic E-state index is 14.9. The molecule has 3 aromatic carbocycles. The Labute approximate surface area is 296 Å². The van der Waals surface area contributed by atoms with Crippen LogP contribution in [0.3, 0.4) is 0 Å². The van der Waals surface area contributed by atoms with Crippen LogP contribution in [0.15, 0.2) is 59.1 Å². The molecule has 49 heavy (non-hydrogen) atoms. The lowest BCUT2D eigenvalue weighted by atomic mass is 9.96. The summed E-state index contributed by atoms with van der Waals surface area (Å²) in [4.78, 5) is 60.5. The minimum Gasteiger partial charge on any atom is -0.496 e. The number of benzene rings is 3. The zero-order valence-electron chi connectivity index (χ0n) is 29.1. The summed E-state index contributed by atoms with van der Waals surface area (Å²) in [6, 6.07) is 14.1. The third-order valence-corrected chi connectivity index (χ3v) is 9.68. The Bertz CT molecular complexity index is 1740. The molecule has 3 aromatic rings. The molecule has 0 unspecified atom stereocenters. The number of carbonyl (C=O) groups is 4. The van der Waals surface area contributed by atoms with Gasteiger partial charge in [-0.2, -0.15) is 0 Å². The molecule has 12 heteroatoms. The lowest BCUT2D eigenvalue weighted by Gasteiger charge is -2.36. The molecule has 1 N–H and O–H groups in total. The molecule has 0 bridgehead atoms. The Morgan fingerprint density at radius 1 is 1.06 bits per heavy atom. The average molecular weight is 738 g/mol. The van der Waals surface area contributed by atoms with Crippen molar-refractivity contribution in [3.63, 3.8) is 0 Å². The normalized spacial score (nSPS) is 19.1. The van der Waals surface area contributed by atoms with E-state index in [-0.39, 0.29) is 18.4 Å². The molecule has 2 heterocycles. The lowest BCUT2D eigenvalue weighted by Crippen LogP contribution is -2.61. The van der Waals surface area contributed by atoms with Crippen molar-refractivity contribution in [3.05, 3.63) is 64.6 Å². The Morgan fingerprint density at radius 2 is 1.73 bits per heavy atom. The van der Waals surface area contributed by atoms with Crippen molar-refractivity contribution in [2.24, 2.45) is 5.92 Å². The van der Waals surface area contributed by atoms with E-state index in [4.69, 9.17) is 14.2 Å². The second kappa shape index (κ2) is 14.8. The third kappa shape index (κ3) is 7.70. The van der Waals surface area contributed by atoms with Crippen LogP contribution in [-0.2, 0) is 30.4 Å². The predicted octanol–water partition coefficient (Wildman–Crippen LogP) is 6.05. The molecular formula is C37H45BrN4O7. The highest BCUT2D eigenvalue weighted by molar-refractivity contribution is 9.10. The number of hydrogen-bond acceptors (Lipinski definition) is 7. The van der Waals surface area contributed by atoms with Crippen molar-refractivity contribution in [1.29, 1.82) is 0 Å². The Hall–Kier alpha value is -4.16. The maximum absolute atomic E-state index is 14.9. The Kier molecular flexibility index (Phi) is 10.9. The predicted molar refractivity (Wildman–Crippen MR) is 192 cm³/mol. The average Bonchev–Trinajstić information content (AvgIpc) is 3.15. The highest BCUT2D eigenvalue weighted by atomic mass is 79.9. The van der Waals surface area contributed by atoms with Crippen LogP contribution in [0.5, 0.6) is 5.75 Å². The van der Waals surface area contributed by atoms with Crippen molar-refractivity contribution in [2.75, 3.05) is 37.2 Å². The summed E-state index contributed by atoms with van der Waals surface area (Å²) >= 11 is 3.55. The van der Waals surface area contributed by atoms with Crippen LogP contribution in [0.25, 0.3) is 10.8 Å². The SMILES string of the molecule is COc1ccc2cc(Br)ccc2c1CN1C(=O)[C@@H](NC(=O)[C@H](C)N(C)C(=O)OC(C)(C)C)[C@H](C)N(C(=O)C2CCOCC2)c2ccccc21. The van der Waals surface area contributed by atoms with Gasteiger partial charge in [0.1, 0.15) is 23.4 Å². The topological polar surface area (TPSA) is 118 Å². The number of methoxy groups -OCH3 is 1. The molecule has 0 aliphatic carbocycles. The first-order chi connectivity index (χ1) is 23.2. The minimum atomic E-state index is -1.16. The van der Waals surface area contributed by atoms with E-state index in [1.807, 2.05) is 54.6 Å². The fourth-order valence-electron chi connectivity index (χ4n) is 6.36. The van der Waals surface area contributed by atoms with E-state index in [9.17, 15) is 19.2 Å². The zero-order chi connectivity index (χ0) is 35.6. The van der Waals surface area contributed by atoms with E-state index in [1.165, 1.54) is 11.9 Å². The first-order valence-electron chi connectivity index (χ1n) is 16.5. The van der Waals surface area contributed by atoms with Gasteiger partial charge in [-0.1, -0.05) is 40.2 Å². The van der Waals surface area contributed by atoms with Crippen molar-refractivity contribution in [3.8, 4) is 5.75 Å².